The van der Waals surface area contributed by atoms with Crippen LogP contribution in [0, 0.1) is 6.92 Å². The maximum absolute atomic E-state index is 5.78. The van der Waals surface area contributed by atoms with Gasteiger partial charge in [-0.3, -0.25) is 5.84 Å². The van der Waals surface area contributed by atoms with Crippen LogP contribution < -0.4 is 11.3 Å². The molecule has 0 amide bonds. The van der Waals surface area contributed by atoms with Crippen LogP contribution >= 0.6 is 0 Å². The van der Waals surface area contributed by atoms with E-state index in [2.05, 4.69) is 59.8 Å². The largest absolute Gasteiger partial charge is 0.271 e. The van der Waals surface area contributed by atoms with E-state index in [1.165, 1.54) is 5.56 Å². The Morgan fingerprint density at radius 1 is 1.10 bits per heavy atom. The monoisotopic (exact) mass is 270 g/mol. The normalized spacial score (nSPS) is 12.4. The number of nitrogens with zero attached hydrogens (tertiary/aromatic N) is 2. The van der Waals surface area contributed by atoms with E-state index in [9.17, 15) is 0 Å². The van der Waals surface area contributed by atoms with Crippen LogP contribution in [0.2, 0.25) is 0 Å². The molecule has 4 heteroatoms. The summed E-state index contributed by atoms with van der Waals surface area (Å²) in [6, 6.07) is 10.5. The zero-order valence-corrected chi connectivity index (χ0v) is 12.4. The number of hydrazine groups is 1. The average molecular weight is 270 g/mol. The van der Waals surface area contributed by atoms with E-state index in [0.29, 0.717) is 0 Å². The third-order valence-electron chi connectivity index (χ3n) is 3.56. The highest BCUT2D eigenvalue weighted by Gasteiger charge is 2.17. The molecule has 3 N–H and O–H groups in total. The Morgan fingerprint density at radius 2 is 1.80 bits per heavy atom. The molecule has 2 aromatic rings. The standard InChI is InChI=1S/C16H22N4/c1-4-12-6-8-13(9-7-12)16(18-17)14-10-11(3)19-20-15(14)5-2/h6-10,16,18H,4-5,17H2,1-3H3. The molecule has 0 spiro atoms. The molecule has 20 heavy (non-hydrogen) atoms. The van der Waals surface area contributed by atoms with Crippen molar-refractivity contribution in [3.05, 3.63) is 58.4 Å². The van der Waals surface area contributed by atoms with Crippen LogP contribution in [0.4, 0.5) is 0 Å². The quantitative estimate of drug-likeness (QED) is 0.647. The first-order valence-corrected chi connectivity index (χ1v) is 7.07. The molecule has 0 saturated heterocycles. The molecular formula is C16H22N4. The summed E-state index contributed by atoms with van der Waals surface area (Å²) < 4.78 is 0. The maximum atomic E-state index is 5.78. The molecule has 1 atom stereocenters. The van der Waals surface area contributed by atoms with Gasteiger partial charge in [-0.2, -0.15) is 10.2 Å². The maximum Gasteiger partial charge on any atom is 0.0729 e. The topological polar surface area (TPSA) is 63.8 Å². The van der Waals surface area contributed by atoms with Crippen LogP contribution in [0.1, 0.15) is 48.0 Å². The fraction of sp³-hybridized carbons (Fsp3) is 0.375. The Balaban J connectivity index is 2.43. The van der Waals surface area contributed by atoms with Gasteiger partial charge in [-0.1, -0.05) is 38.1 Å². The number of aryl methyl sites for hydroxylation is 3. The minimum atomic E-state index is -0.0509. The smallest absolute Gasteiger partial charge is 0.0729 e. The Kier molecular flexibility index (Phi) is 4.82. The van der Waals surface area contributed by atoms with E-state index >= 15 is 0 Å². The molecule has 0 aliphatic rings. The summed E-state index contributed by atoms with van der Waals surface area (Å²) >= 11 is 0. The average Bonchev–Trinajstić information content (AvgIpc) is 2.49. The van der Waals surface area contributed by atoms with Gasteiger partial charge in [-0.15, -0.1) is 0 Å². The summed E-state index contributed by atoms with van der Waals surface area (Å²) in [5.41, 5.74) is 8.37. The van der Waals surface area contributed by atoms with Gasteiger partial charge in [0, 0.05) is 5.56 Å². The van der Waals surface area contributed by atoms with Gasteiger partial charge in [-0.25, -0.2) is 5.43 Å². The second-order valence-electron chi connectivity index (χ2n) is 4.94. The second kappa shape index (κ2) is 6.59. The number of benzene rings is 1. The predicted molar refractivity (Wildman–Crippen MR) is 81.1 cm³/mol. The zero-order valence-electron chi connectivity index (χ0n) is 12.4. The van der Waals surface area contributed by atoms with Crippen molar-refractivity contribution in [3.8, 4) is 0 Å². The Morgan fingerprint density at radius 3 is 2.35 bits per heavy atom. The third-order valence-corrected chi connectivity index (χ3v) is 3.56. The molecular weight excluding hydrogens is 248 g/mol. The number of hydrogen-bond acceptors (Lipinski definition) is 4. The van der Waals surface area contributed by atoms with Crippen molar-refractivity contribution in [1.82, 2.24) is 15.6 Å². The molecule has 1 unspecified atom stereocenters. The van der Waals surface area contributed by atoms with Crippen LogP contribution in [0.15, 0.2) is 30.3 Å². The molecule has 0 saturated carbocycles. The minimum absolute atomic E-state index is 0.0509. The Bertz CT molecular complexity index is 563. The van der Waals surface area contributed by atoms with Crippen LogP contribution in [-0.4, -0.2) is 10.2 Å². The minimum Gasteiger partial charge on any atom is -0.271 e. The predicted octanol–water partition coefficient (Wildman–Crippen LogP) is 2.46. The van der Waals surface area contributed by atoms with Gasteiger partial charge in [0.1, 0.15) is 0 Å². The lowest BCUT2D eigenvalue weighted by Gasteiger charge is -2.19. The van der Waals surface area contributed by atoms with Crippen molar-refractivity contribution in [3.63, 3.8) is 0 Å². The summed E-state index contributed by atoms with van der Waals surface area (Å²) in [7, 11) is 0. The molecule has 0 aliphatic heterocycles. The SMILES string of the molecule is CCc1ccc(C(NN)c2cc(C)nnc2CC)cc1. The first-order chi connectivity index (χ1) is 9.69. The van der Waals surface area contributed by atoms with Crippen molar-refractivity contribution < 1.29 is 0 Å². The molecule has 4 nitrogen and oxygen atoms in total. The van der Waals surface area contributed by atoms with Crippen molar-refractivity contribution in [1.29, 1.82) is 0 Å². The summed E-state index contributed by atoms with van der Waals surface area (Å²) in [5, 5.41) is 8.41. The van der Waals surface area contributed by atoms with Crippen molar-refractivity contribution >= 4 is 0 Å². The van der Waals surface area contributed by atoms with Gasteiger partial charge in [0.2, 0.25) is 0 Å². The van der Waals surface area contributed by atoms with Gasteiger partial charge in [0.05, 0.1) is 17.4 Å². The molecule has 1 heterocycles. The van der Waals surface area contributed by atoms with E-state index in [-0.39, 0.29) is 6.04 Å². The molecule has 0 fully saturated rings. The molecule has 0 radical (unpaired) electrons. The van der Waals surface area contributed by atoms with Crippen LogP contribution in [0.3, 0.4) is 0 Å². The Hall–Kier alpha value is -1.78. The number of hydrogen-bond donors (Lipinski definition) is 2. The van der Waals surface area contributed by atoms with Crippen molar-refractivity contribution in [2.75, 3.05) is 0 Å². The van der Waals surface area contributed by atoms with Crippen molar-refractivity contribution in [2.45, 2.75) is 39.7 Å². The number of nitrogens with one attached hydrogen (secondary N) is 1. The first-order valence-electron chi connectivity index (χ1n) is 7.07. The number of nitrogens with two attached hydrogens (primary N) is 1. The summed E-state index contributed by atoms with van der Waals surface area (Å²) in [5.74, 6) is 5.78. The lowest BCUT2D eigenvalue weighted by atomic mass is 9.96. The number of rotatable bonds is 5. The molecule has 1 aromatic carbocycles. The van der Waals surface area contributed by atoms with Gasteiger partial charge >= 0.3 is 0 Å². The zero-order chi connectivity index (χ0) is 14.5. The second-order valence-corrected chi connectivity index (χ2v) is 4.94. The fourth-order valence-corrected chi connectivity index (χ4v) is 2.37. The first kappa shape index (κ1) is 14.6. The third kappa shape index (κ3) is 3.03. The van der Waals surface area contributed by atoms with Gasteiger partial charge in [0.25, 0.3) is 0 Å². The van der Waals surface area contributed by atoms with E-state index in [0.717, 1.165) is 35.4 Å². The van der Waals surface area contributed by atoms with E-state index in [4.69, 9.17) is 5.84 Å². The fourth-order valence-electron chi connectivity index (χ4n) is 2.37. The highest BCUT2D eigenvalue weighted by atomic mass is 15.2. The van der Waals surface area contributed by atoms with Crippen LogP contribution in [0.25, 0.3) is 0 Å². The highest BCUT2D eigenvalue weighted by Crippen LogP contribution is 2.24. The van der Waals surface area contributed by atoms with Crippen LogP contribution in [-0.2, 0) is 12.8 Å². The van der Waals surface area contributed by atoms with Gasteiger partial charge in [-0.05, 0) is 37.0 Å². The highest BCUT2D eigenvalue weighted by molar-refractivity contribution is 5.36. The van der Waals surface area contributed by atoms with Crippen molar-refractivity contribution in [2.24, 2.45) is 5.84 Å². The van der Waals surface area contributed by atoms with Crippen LogP contribution in [0.5, 0.6) is 0 Å². The molecule has 106 valence electrons. The van der Waals surface area contributed by atoms with Gasteiger partial charge < -0.3 is 0 Å². The summed E-state index contributed by atoms with van der Waals surface area (Å²) in [6.07, 6.45) is 1.88. The summed E-state index contributed by atoms with van der Waals surface area (Å²) in [6.45, 7) is 6.18. The van der Waals surface area contributed by atoms with E-state index < -0.39 is 0 Å². The lowest BCUT2D eigenvalue weighted by Crippen LogP contribution is -2.30. The lowest BCUT2D eigenvalue weighted by molar-refractivity contribution is 0.621. The van der Waals surface area contributed by atoms with Gasteiger partial charge in [0.15, 0.2) is 0 Å². The molecule has 0 aliphatic carbocycles. The van der Waals surface area contributed by atoms with E-state index in [1.807, 2.05) is 6.92 Å². The van der Waals surface area contributed by atoms with E-state index in [1.54, 1.807) is 0 Å². The Labute approximate surface area is 120 Å². The molecule has 1 aromatic heterocycles. The number of aromatic nitrogens is 2. The molecule has 2 rings (SSSR count). The summed E-state index contributed by atoms with van der Waals surface area (Å²) in [4.78, 5) is 0. The molecule has 0 bridgehead atoms.